The van der Waals surface area contributed by atoms with Crippen LogP contribution >= 0.6 is 0 Å². The maximum atomic E-state index is 12.3. The van der Waals surface area contributed by atoms with E-state index in [0.29, 0.717) is 30.3 Å². The molecule has 4 fully saturated rings. The zero-order valence-electron chi connectivity index (χ0n) is 18.6. The van der Waals surface area contributed by atoms with Crippen molar-refractivity contribution in [2.75, 3.05) is 19.6 Å². The van der Waals surface area contributed by atoms with Crippen LogP contribution in [0.3, 0.4) is 0 Å². The summed E-state index contributed by atoms with van der Waals surface area (Å²) in [6.45, 7) is 3.52. The van der Waals surface area contributed by atoms with Gasteiger partial charge in [-0.25, -0.2) is 4.79 Å². The highest BCUT2D eigenvalue weighted by molar-refractivity contribution is 5.73. The highest BCUT2D eigenvalue weighted by Gasteiger charge is 2.42. The molecular weight excluding hydrogens is 386 g/mol. The third-order valence-electron chi connectivity index (χ3n) is 7.76. The van der Waals surface area contributed by atoms with Gasteiger partial charge < -0.3 is 10.6 Å². The number of hydrogen-bond donors (Lipinski definition) is 2. The van der Waals surface area contributed by atoms with Crippen molar-refractivity contribution in [1.82, 2.24) is 25.3 Å². The van der Waals surface area contributed by atoms with Crippen molar-refractivity contribution in [3.63, 3.8) is 0 Å². The number of urea groups is 1. The molecule has 4 heterocycles. The SMILES string of the molecule is Cn1nc(C2CCCC2)cc1[C@H]1CN2CC[C@H]1C[C@@H]2CNC(=O)NCc1ccccc1. The average Bonchev–Trinajstić information content (AvgIpc) is 3.47. The number of aryl methyl sites for hydroxylation is 1. The predicted octanol–water partition coefficient (Wildman–Crippen LogP) is 3.75. The maximum Gasteiger partial charge on any atom is 0.315 e. The van der Waals surface area contributed by atoms with E-state index in [1.54, 1.807) is 0 Å². The Morgan fingerprint density at radius 2 is 1.94 bits per heavy atom. The topological polar surface area (TPSA) is 62.2 Å². The molecule has 1 aliphatic carbocycles. The van der Waals surface area contributed by atoms with Crippen LogP contribution in [-0.2, 0) is 13.6 Å². The first-order valence-electron chi connectivity index (χ1n) is 12.0. The smallest absolute Gasteiger partial charge is 0.315 e. The van der Waals surface area contributed by atoms with E-state index >= 15 is 0 Å². The van der Waals surface area contributed by atoms with Crippen LogP contribution in [0.1, 0.15) is 67.3 Å². The molecule has 3 aliphatic heterocycles. The lowest BCUT2D eigenvalue weighted by atomic mass is 9.74. The Balaban J connectivity index is 1.15. The maximum absolute atomic E-state index is 12.3. The lowest BCUT2D eigenvalue weighted by molar-refractivity contribution is 0.0294. The molecule has 0 spiro atoms. The fourth-order valence-corrected chi connectivity index (χ4v) is 6.01. The summed E-state index contributed by atoms with van der Waals surface area (Å²) in [5, 5.41) is 11.0. The van der Waals surface area contributed by atoms with Gasteiger partial charge in [-0.1, -0.05) is 43.2 Å². The average molecular weight is 422 g/mol. The van der Waals surface area contributed by atoms with Crippen molar-refractivity contribution in [3.8, 4) is 0 Å². The van der Waals surface area contributed by atoms with Gasteiger partial charge in [0.15, 0.2) is 0 Å². The number of nitrogens with one attached hydrogen (secondary N) is 2. The minimum absolute atomic E-state index is 0.0733. The Morgan fingerprint density at radius 3 is 2.68 bits per heavy atom. The van der Waals surface area contributed by atoms with Crippen LogP contribution in [-0.4, -0.2) is 46.4 Å². The molecule has 6 heteroatoms. The van der Waals surface area contributed by atoms with E-state index in [-0.39, 0.29) is 6.03 Å². The van der Waals surface area contributed by atoms with Crippen molar-refractivity contribution in [3.05, 3.63) is 53.3 Å². The lowest BCUT2D eigenvalue weighted by Gasteiger charge is -2.49. The number of amides is 2. The fourth-order valence-electron chi connectivity index (χ4n) is 6.01. The predicted molar refractivity (Wildman–Crippen MR) is 122 cm³/mol. The molecule has 31 heavy (non-hydrogen) atoms. The van der Waals surface area contributed by atoms with Crippen LogP contribution in [0.25, 0.3) is 0 Å². The normalized spacial score (nSPS) is 28.0. The van der Waals surface area contributed by atoms with E-state index in [1.807, 2.05) is 30.3 Å². The Morgan fingerprint density at radius 1 is 1.13 bits per heavy atom. The Kier molecular flexibility index (Phi) is 5.99. The molecule has 4 aliphatic rings. The minimum Gasteiger partial charge on any atom is -0.337 e. The second kappa shape index (κ2) is 9.03. The first-order valence-corrected chi connectivity index (χ1v) is 12.0. The van der Waals surface area contributed by atoms with Crippen molar-refractivity contribution >= 4 is 6.03 Å². The van der Waals surface area contributed by atoms with E-state index in [1.165, 1.54) is 43.5 Å². The summed E-state index contributed by atoms with van der Waals surface area (Å²) in [4.78, 5) is 14.9. The van der Waals surface area contributed by atoms with Gasteiger partial charge in [0.1, 0.15) is 0 Å². The molecule has 1 aromatic heterocycles. The van der Waals surface area contributed by atoms with Gasteiger partial charge in [-0.3, -0.25) is 9.58 Å². The molecule has 2 aromatic rings. The monoisotopic (exact) mass is 421 g/mol. The van der Waals surface area contributed by atoms with Crippen molar-refractivity contribution in [2.45, 2.75) is 62.9 Å². The third kappa shape index (κ3) is 4.49. The highest BCUT2D eigenvalue weighted by Crippen LogP contribution is 2.43. The van der Waals surface area contributed by atoms with Gasteiger partial charge in [0, 0.05) is 50.3 Å². The molecule has 1 saturated carbocycles. The van der Waals surface area contributed by atoms with Crippen LogP contribution in [0, 0.1) is 5.92 Å². The number of fused-ring (bicyclic) bond motifs is 3. The van der Waals surface area contributed by atoms with Gasteiger partial charge in [0.05, 0.1) is 5.69 Å². The van der Waals surface area contributed by atoms with Crippen LogP contribution in [0.4, 0.5) is 4.79 Å². The second-order valence-corrected chi connectivity index (χ2v) is 9.69. The fraction of sp³-hybridized carbons (Fsp3) is 0.600. The summed E-state index contributed by atoms with van der Waals surface area (Å²) in [6.07, 6.45) is 7.72. The number of rotatable bonds is 6. The van der Waals surface area contributed by atoms with Crippen LogP contribution in [0.2, 0.25) is 0 Å². The summed E-state index contributed by atoms with van der Waals surface area (Å²) in [5.74, 6) is 1.94. The number of carbonyl (C=O) groups is 1. The zero-order chi connectivity index (χ0) is 21.2. The van der Waals surface area contributed by atoms with Crippen molar-refractivity contribution in [1.29, 1.82) is 0 Å². The third-order valence-corrected chi connectivity index (χ3v) is 7.76. The Bertz CT molecular complexity index is 889. The second-order valence-electron chi connectivity index (χ2n) is 9.69. The first kappa shape index (κ1) is 20.6. The largest absolute Gasteiger partial charge is 0.337 e. The van der Waals surface area contributed by atoms with Gasteiger partial charge in [-0.2, -0.15) is 5.10 Å². The summed E-state index contributed by atoms with van der Waals surface area (Å²) in [6, 6.07) is 12.8. The molecule has 1 unspecified atom stereocenters. The number of carbonyl (C=O) groups excluding carboxylic acids is 1. The molecule has 166 valence electrons. The molecule has 0 radical (unpaired) electrons. The van der Waals surface area contributed by atoms with Crippen LogP contribution < -0.4 is 10.6 Å². The van der Waals surface area contributed by atoms with E-state index in [4.69, 9.17) is 5.10 Å². The van der Waals surface area contributed by atoms with Crippen molar-refractivity contribution < 1.29 is 4.79 Å². The quantitative estimate of drug-likeness (QED) is 0.747. The highest BCUT2D eigenvalue weighted by atomic mass is 16.2. The minimum atomic E-state index is -0.0733. The van der Waals surface area contributed by atoms with Crippen molar-refractivity contribution in [2.24, 2.45) is 13.0 Å². The van der Waals surface area contributed by atoms with Gasteiger partial charge in [0.25, 0.3) is 0 Å². The molecular formula is C25H35N5O. The lowest BCUT2D eigenvalue weighted by Crippen LogP contribution is -2.56. The number of nitrogens with zero attached hydrogens (tertiary/aromatic N) is 3. The molecule has 2 amide bonds. The summed E-state index contributed by atoms with van der Waals surface area (Å²) >= 11 is 0. The van der Waals surface area contributed by atoms with Gasteiger partial charge in [0.2, 0.25) is 0 Å². The van der Waals surface area contributed by atoms with Crippen LogP contribution in [0.15, 0.2) is 36.4 Å². The molecule has 3 saturated heterocycles. The number of piperidine rings is 3. The molecule has 4 atom stereocenters. The van der Waals surface area contributed by atoms with Crippen LogP contribution in [0.5, 0.6) is 0 Å². The standard InChI is InChI=1S/C25H35N5O/c1-29-24(14-23(28-29)19-9-5-6-10-19)22-17-30-12-11-20(22)13-21(30)16-27-25(31)26-15-18-7-3-2-4-8-18/h2-4,7-8,14,19-22H,5-6,9-13,15-17H2,1H3,(H2,26,27,31)/t20-,21+,22-/m0/s1. The number of benzene rings is 1. The number of hydrogen-bond acceptors (Lipinski definition) is 3. The summed E-state index contributed by atoms with van der Waals surface area (Å²) in [5.41, 5.74) is 3.86. The zero-order valence-corrected chi connectivity index (χ0v) is 18.6. The van der Waals surface area contributed by atoms with Gasteiger partial charge in [-0.05, 0) is 49.8 Å². The molecule has 2 bridgehead atoms. The van der Waals surface area contributed by atoms with E-state index in [0.717, 1.165) is 31.6 Å². The number of aromatic nitrogens is 2. The first-order chi connectivity index (χ1) is 15.2. The Labute approximate surface area is 185 Å². The molecule has 1 aromatic carbocycles. The summed E-state index contributed by atoms with van der Waals surface area (Å²) < 4.78 is 2.16. The van der Waals surface area contributed by atoms with Gasteiger partial charge in [-0.15, -0.1) is 0 Å². The Hall–Kier alpha value is -2.34. The van der Waals surface area contributed by atoms with E-state index < -0.39 is 0 Å². The van der Waals surface area contributed by atoms with Gasteiger partial charge >= 0.3 is 6.03 Å². The summed E-state index contributed by atoms with van der Waals surface area (Å²) in [7, 11) is 2.13. The van der Waals surface area contributed by atoms with E-state index in [9.17, 15) is 4.79 Å². The molecule has 2 N–H and O–H groups in total. The van der Waals surface area contributed by atoms with E-state index in [2.05, 4.69) is 33.3 Å². The molecule has 6 rings (SSSR count). The molecule has 6 nitrogen and oxygen atoms in total.